The first kappa shape index (κ1) is 23.6. The van der Waals surface area contributed by atoms with Crippen molar-refractivity contribution in [2.45, 2.75) is 38.8 Å². The van der Waals surface area contributed by atoms with Gasteiger partial charge in [0.2, 0.25) is 0 Å². The predicted molar refractivity (Wildman–Crippen MR) is 122 cm³/mol. The molecule has 1 atom stereocenters. The molecule has 1 aliphatic rings. The van der Waals surface area contributed by atoms with Gasteiger partial charge in [0.05, 0.1) is 18.2 Å². The molecule has 1 heterocycles. The summed E-state index contributed by atoms with van der Waals surface area (Å²) < 4.78 is 16.8. The Bertz CT molecular complexity index is 910. The van der Waals surface area contributed by atoms with Crippen molar-refractivity contribution in [2.24, 2.45) is 0 Å². The number of nitrogens with zero attached hydrogens (tertiary/aromatic N) is 2. The minimum atomic E-state index is -0.561. The van der Waals surface area contributed by atoms with Gasteiger partial charge in [-0.3, -0.25) is 4.79 Å². The molecule has 0 N–H and O–H groups in total. The third-order valence-corrected chi connectivity index (χ3v) is 5.14. The van der Waals surface area contributed by atoms with Crippen LogP contribution >= 0.6 is 0 Å². The highest BCUT2D eigenvalue weighted by atomic mass is 16.6. The predicted octanol–water partition coefficient (Wildman–Crippen LogP) is 4.58. The van der Waals surface area contributed by atoms with Crippen molar-refractivity contribution in [3.05, 3.63) is 60.2 Å². The van der Waals surface area contributed by atoms with Gasteiger partial charge in [-0.2, -0.15) is 0 Å². The van der Waals surface area contributed by atoms with Crippen molar-refractivity contribution in [2.75, 3.05) is 33.4 Å². The fourth-order valence-electron chi connectivity index (χ4n) is 3.63. The van der Waals surface area contributed by atoms with E-state index in [4.69, 9.17) is 14.2 Å². The quantitative estimate of drug-likeness (QED) is 0.631. The van der Waals surface area contributed by atoms with E-state index in [2.05, 4.69) is 0 Å². The molecular formula is C25H32N2O5. The standard InChI is InChI=1S/C25H32N2O5/c1-25(2,3)32-24(29)26-15-14-19(18-26)27(16-17-30-4)23(28)21-12-8-9-13-22(21)31-20-10-6-5-7-11-20/h5-13,19H,14-18H2,1-4H3/t19-/m0/s1. The second-order valence-electron chi connectivity index (χ2n) is 8.77. The summed E-state index contributed by atoms with van der Waals surface area (Å²) >= 11 is 0. The lowest BCUT2D eigenvalue weighted by Gasteiger charge is -2.30. The molecule has 1 fully saturated rings. The molecule has 172 valence electrons. The number of para-hydroxylation sites is 2. The van der Waals surface area contributed by atoms with Gasteiger partial charge in [0.15, 0.2) is 0 Å². The molecule has 7 heteroatoms. The van der Waals surface area contributed by atoms with Gasteiger partial charge in [-0.05, 0) is 51.5 Å². The van der Waals surface area contributed by atoms with Gasteiger partial charge in [-0.1, -0.05) is 30.3 Å². The van der Waals surface area contributed by atoms with Gasteiger partial charge in [0, 0.05) is 26.7 Å². The zero-order valence-corrected chi connectivity index (χ0v) is 19.2. The van der Waals surface area contributed by atoms with Crippen molar-refractivity contribution >= 4 is 12.0 Å². The zero-order chi connectivity index (χ0) is 23.1. The van der Waals surface area contributed by atoms with E-state index in [0.29, 0.717) is 49.7 Å². The molecule has 0 unspecified atom stereocenters. The lowest BCUT2D eigenvalue weighted by atomic mass is 10.1. The van der Waals surface area contributed by atoms with Crippen LogP contribution in [-0.4, -0.2) is 66.8 Å². The molecule has 1 saturated heterocycles. The second kappa shape index (κ2) is 10.5. The Labute approximate surface area is 189 Å². The van der Waals surface area contributed by atoms with E-state index >= 15 is 0 Å². The highest BCUT2D eigenvalue weighted by molar-refractivity contribution is 5.97. The fraction of sp³-hybridized carbons (Fsp3) is 0.440. The van der Waals surface area contributed by atoms with E-state index in [0.717, 1.165) is 0 Å². The fourth-order valence-corrected chi connectivity index (χ4v) is 3.63. The maximum atomic E-state index is 13.6. The van der Waals surface area contributed by atoms with Crippen LogP contribution in [-0.2, 0) is 9.47 Å². The Kier molecular flexibility index (Phi) is 7.75. The van der Waals surface area contributed by atoms with Crippen LogP contribution in [0.3, 0.4) is 0 Å². The monoisotopic (exact) mass is 440 g/mol. The number of methoxy groups -OCH3 is 1. The molecule has 0 radical (unpaired) electrons. The van der Waals surface area contributed by atoms with Crippen molar-refractivity contribution in [1.29, 1.82) is 0 Å². The summed E-state index contributed by atoms with van der Waals surface area (Å²) in [6, 6.07) is 16.5. The van der Waals surface area contributed by atoms with Gasteiger partial charge in [-0.15, -0.1) is 0 Å². The van der Waals surface area contributed by atoms with Gasteiger partial charge >= 0.3 is 6.09 Å². The van der Waals surface area contributed by atoms with Gasteiger partial charge < -0.3 is 24.0 Å². The molecule has 0 aromatic heterocycles. The van der Waals surface area contributed by atoms with Crippen LogP contribution in [0.25, 0.3) is 0 Å². The normalized spacial score (nSPS) is 16.0. The summed E-state index contributed by atoms with van der Waals surface area (Å²) in [6.45, 7) is 7.31. The average Bonchev–Trinajstić information content (AvgIpc) is 3.24. The van der Waals surface area contributed by atoms with E-state index in [-0.39, 0.29) is 18.0 Å². The van der Waals surface area contributed by atoms with Crippen LogP contribution < -0.4 is 4.74 Å². The summed E-state index contributed by atoms with van der Waals surface area (Å²) in [5.74, 6) is 1.01. The number of hydrogen-bond acceptors (Lipinski definition) is 5. The van der Waals surface area contributed by atoms with Gasteiger partial charge in [0.1, 0.15) is 17.1 Å². The number of hydrogen-bond donors (Lipinski definition) is 0. The van der Waals surface area contributed by atoms with Gasteiger partial charge in [0.25, 0.3) is 5.91 Å². The highest BCUT2D eigenvalue weighted by Gasteiger charge is 2.35. The average molecular weight is 441 g/mol. The number of carbonyl (C=O) groups excluding carboxylic acids is 2. The Hall–Kier alpha value is -3.06. The Morgan fingerprint density at radius 3 is 2.44 bits per heavy atom. The van der Waals surface area contributed by atoms with Crippen molar-refractivity contribution in [3.63, 3.8) is 0 Å². The molecule has 0 aliphatic carbocycles. The van der Waals surface area contributed by atoms with E-state index in [9.17, 15) is 9.59 Å². The first-order chi connectivity index (χ1) is 15.3. The lowest BCUT2D eigenvalue weighted by molar-refractivity contribution is 0.0270. The number of ether oxygens (including phenoxy) is 3. The van der Waals surface area contributed by atoms with Crippen molar-refractivity contribution in [1.82, 2.24) is 9.80 Å². The Balaban J connectivity index is 1.78. The largest absolute Gasteiger partial charge is 0.457 e. The summed E-state index contributed by atoms with van der Waals surface area (Å²) in [5, 5.41) is 0. The van der Waals surface area contributed by atoms with Crippen LogP contribution in [0.5, 0.6) is 11.5 Å². The number of benzene rings is 2. The van der Waals surface area contributed by atoms with Gasteiger partial charge in [-0.25, -0.2) is 4.79 Å². The maximum absolute atomic E-state index is 13.6. The Morgan fingerprint density at radius 1 is 1.06 bits per heavy atom. The molecule has 0 bridgehead atoms. The molecule has 0 saturated carbocycles. The minimum Gasteiger partial charge on any atom is -0.457 e. The SMILES string of the molecule is COCCN(C(=O)c1ccccc1Oc1ccccc1)[C@H]1CCN(C(=O)OC(C)(C)C)C1. The number of carbonyl (C=O) groups is 2. The van der Waals surface area contributed by atoms with E-state index in [1.165, 1.54) is 0 Å². The van der Waals surface area contributed by atoms with Crippen molar-refractivity contribution in [3.8, 4) is 11.5 Å². The van der Waals surface area contributed by atoms with Crippen LogP contribution in [0, 0.1) is 0 Å². The molecule has 3 rings (SSSR count). The number of amides is 2. The zero-order valence-electron chi connectivity index (χ0n) is 19.2. The molecule has 32 heavy (non-hydrogen) atoms. The number of rotatable bonds is 7. The van der Waals surface area contributed by atoms with E-state index < -0.39 is 5.60 Å². The molecule has 1 aliphatic heterocycles. The minimum absolute atomic E-state index is 0.130. The highest BCUT2D eigenvalue weighted by Crippen LogP contribution is 2.28. The number of likely N-dealkylation sites (tertiary alicyclic amines) is 1. The van der Waals surface area contributed by atoms with E-state index in [1.807, 2.05) is 63.2 Å². The third kappa shape index (κ3) is 6.23. The molecule has 2 aromatic carbocycles. The molecular weight excluding hydrogens is 408 g/mol. The maximum Gasteiger partial charge on any atom is 0.410 e. The smallest absolute Gasteiger partial charge is 0.410 e. The van der Waals surface area contributed by atoms with Crippen LogP contribution in [0.1, 0.15) is 37.6 Å². The summed E-state index contributed by atoms with van der Waals surface area (Å²) in [7, 11) is 1.61. The lowest BCUT2D eigenvalue weighted by Crippen LogP contribution is -2.45. The molecule has 7 nitrogen and oxygen atoms in total. The van der Waals surface area contributed by atoms with Crippen molar-refractivity contribution < 1.29 is 23.8 Å². The molecule has 0 spiro atoms. The van der Waals surface area contributed by atoms with Crippen LogP contribution in [0.2, 0.25) is 0 Å². The van der Waals surface area contributed by atoms with Crippen LogP contribution in [0.15, 0.2) is 54.6 Å². The van der Waals surface area contributed by atoms with Crippen LogP contribution in [0.4, 0.5) is 4.79 Å². The topological polar surface area (TPSA) is 68.3 Å². The summed E-state index contributed by atoms with van der Waals surface area (Å²) in [6.07, 6.45) is 0.322. The summed E-state index contributed by atoms with van der Waals surface area (Å²) in [5.41, 5.74) is -0.0859. The van der Waals surface area contributed by atoms with E-state index in [1.54, 1.807) is 29.0 Å². The summed E-state index contributed by atoms with van der Waals surface area (Å²) in [4.78, 5) is 29.5. The molecule has 2 amide bonds. The molecule has 2 aromatic rings. The second-order valence-corrected chi connectivity index (χ2v) is 8.77. The first-order valence-corrected chi connectivity index (χ1v) is 10.9. The third-order valence-electron chi connectivity index (χ3n) is 5.14. The Morgan fingerprint density at radius 2 is 1.75 bits per heavy atom. The first-order valence-electron chi connectivity index (χ1n) is 10.9.